The van der Waals surface area contributed by atoms with E-state index in [0.717, 1.165) is 41.2 Å². The Morgan fingerprint density at radius 3 is 2.63 bits per heavy atom. The van der Waals surface area contributed by atoms with E-state index in [1.165, 1.54) is 24.1 Å². The summed E-state index contributed by atoms with van der Waals surface area (Å²) in [6, 6.07) is 6.05. The lowest BCUT2D eigenvalue weighted by Crippen LogP contribution is -2.10. The summed E-state index contributed by atoms with van der Waals surface area (Å²) in [5.41, 5.74) is 12.6. The Labute approximate surface area is 113 Å². The van der Waals surface area contributed by atoms with Crippen LogP contribution in [0.2, 0.25) is 0 Å². The molecule has 0 amide bonds. The van der Waals surface area contributed by atoms with Crippen LogP contribution in [-0.4, -0.2) is 9.97 Å². The molecule has 19 heavy (non-hydrogen) atoms. The third kappa shape index (κ3) is 2.21. The van der Waals surface area contributed by atoms with Gasteiger partial charge in [-0.25, -0.2) is 9.97 Å². The molecule has 3 nitrogen and oxygen atoms in total. The largest absolute Gasteiger partial charge is 0.398 e. The third-order valence-corrected chi connectivity index (χ3v) is 3.93. The second-order valence-electron chi connectivity index (χ2n) is 5.34. The molecular formula is C16H19N3. The van der Waals surface area contributed by atoms with Gasteiger partial charge in [0.1, 0.15) is 0 Å². The number of nitrogen functional groups attached to an aromatic ring is 1. The summed E-state index contributed by atoms with van der Waals surface area (Å²) in [4.78, 5) is 9.41. The summed E-state index contributed by atoms with van der Waals surface area (Å²) in [5, 5.41) is 0. The lowest BCUT2D eigenvalue weighted by molar-refractivity contribution is 0.658. The Balaban J connectivity index is 2.10. The maximum atomic E-state index is 5.98. The molecule has 1 aliphatic carbocycles. The molecule has 0 radical (unpaired) electrons. The summed E-state index contributed by atoms with van der Waals surface area (Å²) in [5.74, 6) is 0.810. The maximum absolute atomic E-state index is 5.98. The van der Waals surface area contributed by atoms with Gasteiger partial charge in [0.05, 0.1) is 0 Å². The van der Waals surface area contributed by atoms with Crippen LogP contribution in [-0.2, 0) is 12.8 Å². The number of aromatic nitrogens is 2. The van der Waals surface area contributed by atoms with E-state index in [9.17, 15) is 0 Å². The second kappa shape index (κ2) is 4.65. The van der Waals surface area contributed by atoms with Gasteiger partial charge < -0.3 is 5.73 Å². The number of fused-ring (bicyclic) bond motifs is 1. The van der Waals surface area contributed by atoms with Gasteiger partial charge in [-0.2, -0.15) is 0 Å². The molecule has 0 bridgehead atoms. The fourth-order valence-electron chi connectivity index (χ4n) is 2.69. The summed E-state index contributed by atoms with van der Waals surface area (Å²) >= 11 is 0. The number of nitrogens with zero attached hydrogens (tertiary/aromatic N) is 2. The average Bonchev–Trinajstić information content (AvgIpc) is 2.42. The minimum Gasteiger partial charge on any atom is -0.398 e. The SMILES string of the molecule is Cc1ccc(-c2nc(C)c3c(n2)CCCC3)cc1N. The van der Waals surface area contributed by atoms with Gasteiger partial charge in [0.25, 0.3) is 0 Å². The molecule has 0 atom stereocenters. The van der Waals surface area contributed by atoms with E-state index in [4.69, 9.17) is 10.7 Å². The van der Waals surface area contributed by atoms with Crippen molar-refractivity contribution in [1.82, 2.24) is 9.97 Å². The Bertz CT molecular complexity index is 632. The van der Waals surface area contributed by atoms with E-state index in [-0.39, 0.29) is 0 Å². The molecule has 1 aliphatic rings. The van der Waals surface area contributed by atoms with Crippen LogP contribution in [0.15, 0.2) is 18.2 Å². The van der Waals surface area contributed by atoms with Gasteiger partial charge in [-0.1, -0.05) is 12.1 Å². The van der Waals surface area contributed by atoms with Crippen molar-refractivity contribution in [3.63, 3.8) is 0 Å². The number of hydrogen-bond acceptors (Lipinski definition) is 3. The average molecular weight is 253 g/mol. The molecule has 0 saturated heterocycles. The van der Waals surface area contributed by atoms with Crippen molar-refractivity contribution in [1.29, 1.82) is 0 Å². The van der Waals surface area contributed by atoms with Crippen molar-refractivity contribution >= 4 is 5.69 Å². The molecule has 3 heteroatoms. The van der Waals surface area contributed by atoms with Crippen molar-refractivity contribution in [3.8, 4) is 11.4 Å². The standard InChI is InChI=1S/C16H19N3/c1-10-7-8-12(9-14(10)17)16-18-11(2)13-5-3-4-6-15(13)19-16/h7-9H,3-6,17H2,1-2H3. The van der Waals surface area contributed by atoms with E-state index in [1.54, 1.807) is 0 Å². The number of hydrogen-bond donors (Lipinski definition) is 1. The molecule has 2 N–H and O–H groups in total. The first-order valence-corrected chi connectivity index (χ1v) is 6.88. The van der Waals surface area contributed by atoms with Crippen molar-refractivity contribution < 1.29 is 0 Å². The van der Waals surface area contributed by atoms with Crippen molar-refractivity contribution in [3.05, 3.63) is 40.7 Å². The Kier molecular flexibility index (Phi) is 2.97. The molecule has 1 heterocycles. The molecule has 0 saturated carbocycles. The van der Waals surface area contributed by atoms with E-state index < -0.39 is 0 Å². The monoisotopic (exact) mass is 253 g/mol. The van der Waals surface area contributed by atoms with Gasteiger partial charge in [-0.3, -0.25) is 0 Å². The normalized spacial score (nSPS) is 14.2. The van der Waals surface area contributed by atoms with Gasteiger partial charge in [-0.15, -0.1) is 0 Å². The highest BCUT2D eigenvalue weighted by Crippen LogP contribution is 2.26. The zero-order valence-corrected chi connectivity index (χ0v) is 11.5. The summed E-state index contributed by atoms with van der Waals surface area (Å²) in [6.45, 7) is 4.10. The Hall–Kier alpha value is -1.90. The second-order valence-corrected chi connectivity index (χ2v) is 5.34. The van der Waals surface area contributed by atoms with Crippen molar-refractivity contribution in [2.24, 2.45) is 0 Å². The first-order chi connectivity index (χ1) is 9.15. The molecule has 98 valence electrons. The van der Waals surface area contributed by atoms with Crippen LogP contribution in [0.25, 0.3) is 11.4 Å². The van der Waals surface area contributed by atoms with Gasteiger partial charge in [0.15, 0.2) is 5.82 Å². The highest BCUT2D eigenvalue weighted by molar-refractivity contribution is 5.64. The molecule has 0 spiro atoms. The van der Waals surface area contributed by atoms with E-state index in [1.807, 2.05) is 19.1 Å². The minimum absolute atomic E-state index is 0.802. The van der Waals surface area contributed by atoms with Crippen LogP contribution in [0.4, 0.5) is 5.69 Å². The van der Waals surface area contributed by atoms with Crippen molar-refractivity contribution in [2.45, 2.75) is 39.5 Å². The molecule has 3 rings (SSSR count). The fraction of sp³-hybridized carbons (Fsp3) is 0.375. The maximum Gasteiger partial charge on any atom is 0.159 e. The quantitative estimate of drug-likeness (QED) is 0.794. The fourth-order valence-corrected chi connectivity index (χ4v) is 2.69. The number of aryl methyl sites for hydroxylation is 3. The highest BCUT2D eigenvalue weighted by atomic mass is 14.9. The Morgan fingerprint density at radius 2 is 1.84 bits per heavy atom. The van der Waals surface area contributed by atoms with Gasteiger partial charge in [0, 0.05) is 22.6 Å². The predicted molar refractivity (Wildman–Crippen MR) is 78.0 cm³/mol. The molecule has 0 unspecified atom stereocenters. The van der Waals surface area contributed by atoms with Crippen LogP contribution in [0.5, 0.6) is 0 Å². The summed E-state index contributed by atoms with van der Waals surface area (Å²) < 4.78 is 0. The molecule has 1 aromatic heterocycles. The highest BCUT2D eigenvalue weighted by Gasteiger charge is 2.16. The van der Waals surface area contributed by atoms with Crippen molar-refractivity contribution in [2.75, 3.05) is 5.73 Å². The number of rotatable bonds is 1. The van der Waals surface area contributed by atoms with Crippen LogP contribution in [0.3, 0.4) is 0 Å². The van der Waals surface area contributed by atoms with Crippen LogP contribution in [0, 0.1) is 13.8 Å². The molecule has 1 aromatic carbocycles. The zero-order valence-electron chi connectivity index (χ0n) is 11.5. The van der Waals surface area contributed by atoms with E-state index in [2.05, 4.69) is 18.0 Å². The van der Waals surface area contributed by atoms with Gasteiger partial charge in [0.2, 0.25) is 0 Å². The topological polar surface area (TPSA) is 51.8 Å². The number of anilines is 1. The first kappa shape index (κ1) is 12.2. The lowest BCUT2D eigenvalue weighted by atomic mass is 9.94. The summed E-state index contributed by atoms with van der Waals surface area (Å²) in [6.07, 6.45) is 4.69. The number of nitrogens with two attached hydrogens (primary N) is 1. The molecule has 0 aliphatic heterocycles. The summed E-state index contributed by atoms with van der Waals surface area (Å²) in [7, 11) is 0. The smallest absolute Gasteiger partial charge is 0.159 e. The number of benzene rings is 1. The Morgan fingerprint density at radius 1 is 1.05 bits per heavy atom. The minimum atomic E-state index is 0.802. The third-order valence-electron chi connectivity index (χ3n) is 3.93. The molecule has 0 fully saturated rings. The van der Waals surface area contributed by atoms with Crippen LogP contribution in [0.1, 0.15) is 35.4 Å². The van der Waals surface area contributed by atoms with Crippen LogP contribution >= 0.6 is 0 Å². The van der Waals surface area contributed by atoms with Crippen LogP contribution < -0.4 is 5.73 Å². The lowest BCUT2D eigenvalue weighted by Gasteiger charge is -2.17. The van der Waals surface area contributed by atoms with E-state index >= 15 is 0 Å². The molecular weight excluding hydrogens is 234 g/mol. The molecule has 2 aromatic rings. The predicted octanol–water partition coefficient (Wildman–Crippen LogP) is 3.22. The van der Waals surface area contributed by atoms with Gasteiger partial charge >= 0.3 is 0 Å². The van der Waals surface area contributed by atoms with Gasteiger partial charge in [-0.05, 0) is 56.7 Å². The first-order valence-electron chi connectivity index (χ1n) is 6.88. The van der Waals surface area contributed by atoms with E-state index in [0.29, 0.717) is 0 Å². The zero-order chi connectivity index (χ0) is 13.4.